The van der Waals surface area contributed by atoms with E-state index in [4.69, 9.17) is 0 Å². The van der Waals surface area contributed by atoms with Gasteiger partial charge < -0.3 is 10.2 Å². The molecule has 0 radical (unpaired) electrons. The van der Waals surface area contributed by atoms with E-state index in [9.17, 15) is 10.2 Å². The van der Waals surface area contributed by atoms with Crippen LogP contribution in [0.5, 0.6) is 0 Å². The lowest BCUT2D eigenvalue weighted by molar-refractivity contribution is 0.108. The maximum absolute atomic E-state index is 9.76. The molecule has 0 saturated heterocycles. The molecule has 0 aromatic heterocycles. The highest BCUT2D eigenvalue weighted by molar-refractivity contribution is 5.47. The highest BCUT2D eigenvalue weighted by atomic mass is 16.3. The molecular weight excluding hydrogens is 188 g/mol. The van der Waals surface area contributed by atoms with Gasteiger partial charge in [0.15, 0.2) is 0 Å². The fourth-order valence-electron chi connectivity index (χ4n) is 2.26. The van der Waals surface area contributed by atoms with E-state index >= 15 is 0 Å². The molecule has 1 aliphatic carbocycles. The average molecular weight is 204 g/mol. The lowest BCUT2D eigenvalue weighted by Gasteiger charge is -2.18. The molecule has 0 amide bonds. The van der Waals surface area contributed by atoms with Gasteiger partial charge in [-0.25, -0.2) is 0 Å². The Balaban J connectivity index is 2.24. The molecule has 1 fully saturated rings. The van der Waals surface area contributed by atoms with Crippen molar-refractivity contribution in [2.45, 2.75) is 31.0 Å². The van der Waals surface area contributed by atoms with Gasteiger partial charge in [0.1, 0.15) is 0 Å². The standard InChI is InChI=1S/C13H16O2/c1-2-9-3-5-10(6-4-9)13-11(14)7-8-12(13)15/h2-6,11-15H,1,7-8H2. The van der Waals surface area contributed by atoms with E-state index in [0.717, 1.165) is 11.1 Å². The van der Waals surface area contributed by atoms with Crippen molar-refractivity contribution in [1.82, 2.24) is 0 Å². The van der Waals surface area contributed by atoms with Crippen LogP contribution in [-0.4, -0.2) is 22.4 Å². The lowest BCUT2D eigenvalue weighted by atomic mass is 9.93. The number of hydrogen-bond acceptors (Lipinski definition) is 2. The number of rotatable bonds is 2. The Bertz CT molecular complexity index is 332. The van der Waals surface area contributed by atoms with Crippen molar-refractivity contribution in [2.24, 2.45) is 0 Å². The first-order valence-electron chi connectivity index (χ1n) is 5.31. The van der Waals surface area contributed by atoms with Gasteiger partial charge in [0, 0.05) is 5.92 Å². The van der Waals surface area contributed by atoms with Gasteiger partial charge in [-0.05, 0) is 24.0 Å². The molecule has 0 heterocycles. The van der Waals surface area contributed by atoms with Gasteiger partial charge in [-0.2, -0.15) is 0 Å². The fourth-order valence-corrected chi connectivity index (χ4v) is 2.26. The first-order chi connectivity index (χ1) is 7.22. The Morgan fingerprint density at radius 3 is 2.07 bits per heavy atom. The van der Waals surface area contributed by atoms with Crippen LogP contribution in [0.3, 0.4) is 0 Å². The Morgan fingerprint density at radius 1 is 1.07 bits per heavy atom. The second-order valence-corrected chi connectivity index (χ2v) is 4.11. The van der Waals surface area contributed by atoms with Gasteiger partial charge in [-0.1, -0.05) is 36.9 Å². The minimum atomic E-state index is -0.408. The van der Waals surface area contributed by atoms with Crippen LogP contribution in [-0.2, 0) is 0 Å². The van der Waals surface area contributed by atoms with Crippen LogP contribution in [0.2, 0.25) is 0 Å². The zero-order valence-corrected chi connectivity index (χ0v) is 8.63. The largest absolute Gasteiger partial charge is 0.392 e. The summed E-state index contributed by atoms with van der Waals surface area (Å²) in [5, 5.41) is 19.5. The topological polar surface area (TPSA) is 40.5 Å². The molecule has 2 unspecified atom stereocenters. The molecule has 0 spiro atoms. The first kappa shape index (κ1) is 10.4. The zero-order chi connectivity index (χ0) is 10.8. The van der Waals surface area contributed by atoms with Crippen LogP contribution >= 0.6 is 0 Å². The lowest BCUT2D eigenvalue weighted by Crippen LogP contribution is -2.20. The molecule has 2 atom stereocenters. The summed E-state index contributed by atoms with van der Waals surface area (Å²) in [6.45, 7) is 3.69. The smallest absolute Gasteiger partial charge is 0.0634 e. The molecular formula is C13H16O2. The van der Waals surface area contributed by atoms with Crippen molar-refractivity contribution in [2.75, 3.05) is 0 Å². The summed E-state index contributed by atoms with van der Waals surface area (Å²) < 4.78 is 0. The summed E-state index contributed by atoms with van der Waals surface area (Å²) in [6, 6.07) is 7.83. The maximum Gasteiger partial charge on any atom is 0.0634 e. The van der Waals surface area contributed by atoms with Crippen LogP contribution in [0.1, 0.15) is 29.9 Å². The monoisotopic (exact) mass is 204 g/mol. The van der Waals surface area contributed by atoms with Crippen LogP contribution < -0.4 is 0 Å². The van der Waals surface area contributed by atoms with Crippen molar-refractivity contribution >= 4 is 6.08 Å². The Kier molecular flexibility index (Phi) is 2.89. The van der Waals surface area contributed by atoms with E-state index in [-0.39, 0.29) is 5.92 Å². The number of hydrogen-bond donors (Lipinski definition) is 2. The quantitative estimate of drug-likeness (QED) is 0.772. The van der Waals surface area contributed by atoms with Gasteiger partial charge in [0.05, 0.1) is 12.2 Å². The Morgan fingerprint density at radius 2 is 1.60 bits per heavy atom. The third-order valence-electron chi connectivity index (χ3n) is 3.14. The Hall–Kier alpha value is -1.12. The predicted octanol–water partition coefficient (Wildman–Crippen LogP) is 1.93. The van der Waals surface area contributed by atoms with Gasteiger partial charge in [-0.3, -0.25) is 0 Å². The number of benzene rings is 1. The molecule has 2 N–H and O–H groups in total. The van der Waals surface area contributed by atoms with Gasteiger partial charge >= 0.3 is 0 Å². The summed E-state index contributed by atoms with van der Waals surface area (Å²) >= 11 is 0. The molecule has 2 heteroatoms. The highest BCUT2D eigenvalue weighted by Gasteiger charge is 2.34. The Labute approximate surface area is 89.9 Å². The molecule has 2 rings (SSSR count). The van der Waals surface area contributed by atoms with E-state index in [1.54, 1.807) is 6.08 Å². The van der Waals surface area contributed by atoms with Crippen LogP contribution in [0, 0.1) is 0 Å². The van der Waals surface area contributed by atoms with E-state index in [2.05, 4.69) is 6.58 Å². The molecule has 2 nitrogen and oxygen atoms in total. The third kappa shape index (κ3) is 1.96. The van der Waals surface area contributed by atoms with Crippen molar-refractivity contribution in [3.05, 3.63) is 42.0 Å². The average Bonchev–Trinajstić information content (AvgIpc) is 2.59. The summed E-state index contributed by atoms with van der Waals surface area (Å²) in [6.07, 6.45) is 2.35. The first-order valence-corrected chi connectivity index (χ1v) is 5.31. The molecule has 0 aliphatic heterocycles. The molecule has 0 bridgehead atoms. The van der Waals surface area contributed by atoms with Crippen molar-refractivity contribution in [3.8, 4) is 0 Å². The second-order valence-electron chi connectivity index (χ2n) is 4.11. The summed E-state index contributed by atoms with van der Waals surface area (Å²) in [4.78, 5) is 0. The van der Waals surface area contributed by atoms with Crippen molar-refractivity contribution in [1.29, 1.82) is 0 Å². The fraction of sp³-hybridized carbons (Fsp3) is 0.385. The molecule has 1 saturated carbocycles. The minimum Gasteiger partial charge on any atom is -0.392 e. The van der Waals surface area contributed by atoms with E-state index in [1.807, 2.05) is 24.3 Å². The van der Waals surface area contributed by atoms with Crippen LogP contribution in [0.25, 0.3) is 6.08 Å². The second kappa shape index (κ2) is 4.17. The van der Waals surface area contributed by atoms with Crippen LogP contribution in [0.15, 0.2) is 30.8 Å². The molecule has 80 valence electrons. The zero-order valence-electron chi connectivity index (χ0n) is 8.63. The van der Waals surface area contributed by atoms with E-state index in [0.29, 0.717) is 12.8 Å². The summed E-state index contributed by atoms with van der Waals surface area (Å²) in [5.74, 6) is -0.121. The number of aliphatic hydroxyl groups excluding tert-OH is 2. The minimum absolute atomic E-state index is 0.121. The van der Waals surface area contributed by atoms with Gasteiger partial charge in [0.2, 0.25) is 0 Å². The van der Waals surface area contributed by atoms with E-state index < -0.39 is 12.2 Å². The van der Waals surface area contributed by atoms with E-state index in [1.165, 1.54) is 0 Å². The van der Waals surface area contributed by atoms with Gasteiger partial charge in [-0.15, -0.1) is 0 Å². The van der Waals surface area contributed by atoms with Crippen LogP contribution in [0.4, 0.5) is 0 Å². The summed E-state index contributed by atoms with van der Waals surface area (Å²) in [7, 11) is 0. The summed E-state index contributed by atoms with van der Waals surface area (Å²) in [5.41, 5.74) is 2.07. The van der Waals surface area contributed by atoms with Crippen molar-refractivity contribution < 1.29 is 10.2 Å². The molecule has 1 aliphatic rings. The normalized spacial score (nSPS) is 30.4. The van der Waals surface area contributed by atoms with Crippen molar-refractivity contribution in [3.63, 3.8) is 0 Å². The molecule has 15 heavy (non-hydrogen) atoms. The van der Waals surface area contributed by atoms with Gasteiger partial charge in [0.25, 0.3) is 0 Å². The molecule has 1 aromatic carbocycles. The molecule has 1 aromatic rings. The predicted molar refractivity (Wildman–Crippen MR) is 60.5 cm³/mol. The SMILES string of the molecule is C=Cc1ccc(C2C(O)CCC2O)cc1. The number of aliphatic hydroxyl groups is 2. The highest BCUT2D eigenvalue weighted by Crippen LogP contribution is 2.34. The maximum atomic E-state index is 9.76. The third-order valence-corrected chi connectivity index (χ3v) is 3.14.